The summed E-state index contributed by atoms with van der Waals surface area (Å²) in [4.78, 5) is 18.1. The largest absolute Gasteiger partial charge is 0.444 e. The number of benzene rings is 1. The quantitative estimate of drug-likeness (QED) is 0.191. The van der Waals surface area contributed by atoms with E-state index in [2.05, 4.69) is 57.2 Å². The number of para-hydroxylation sites is 1. The Labute approximate surface area is 193 Å². The SMILES string of the molecule is CN=C(NCCCCN(C)c1ccccc1)NCCCNC(=O)OC(C)(C)C.I. The van der Waals surface area contributed by atoms with Crippen LogP contribution in [0.4, 0.5) is 10.5 Å². The molecule has 0 saturated carbocycles. The number of nitrogens with zero attached hydrogens (tertiary/aromatic N) is 2. The monoisotopic (exact) mass is 519 g/mol. The third kappa shape index (κ3) is 14.0. The lowest BCUT2D eigenvalue weighted by molar-refractivity contribution is 0.0527. The van der Waals surface area contributed by atoms with E-state index in [0.717, 1.165) is 44.9 Å². The molecule has 0 aliphatic rings. The van der Waals surface area contributed by atoms with Gasteiger partial charge in [0.15, 0.2) is 5.96 Å². The predicted octanol–water partition coefficient (Wildman–Crippen LogP) is 3.60. The molecule has 0 saturated heterocycles. The number of halogens is 1. The third-order valence-corrected chi connectivity index (χ3v) is 3.95. The van der Waals surface area contributed by atoms with Gasteiger partial charge in [-0.15, -0.1) is 24.0 Å². The van der Waals surface area contributed by atoms with Gasteiger partial charge in [-0.1, -0.05) is 18.2 Å². The number of hydrogen-bond donors (Lipinski definition) is 3. The molecule has 3 N–H and O–H groups in total. The predicted molar refractivity (Wildman–Crippen MR) is 133 cm³/mol. The fraction of sp³-hybridized carbons (Fsp3) is 0.619. The molecular weight excluding hydrogens is 481 g/mol. The molecule has 1 amide bonds. The molecule has 0 aliphatic heterocycles. The highest BCUT2D eigenvalue weighted by atomic mass is 127. The van der Waals surface area contributed by atoms with Gasteiger partial charge in [0.05, 0.1) is 0 Å². The van der Waals surface area contributed by atoms with Crippen LogP contribution in [-0.2, 0) is 4.74 Å². The van der Waals surface area contributed by atoms with E-state index in [1.165, 1.54) is 5.69 Å². The Kier molecular flexibility index (Phi) is 14.3. The van der Waals surface area contributed by atoms with Gasteiger partial charge in [0, 0.05) is 46.0 Å². The first-order chi connectivity index (χ1) is 13.3. The molecule has 0 aliphatic carbocycles. The summed E-state index contributed by atoms with van der Waals surface area (Å²) in [5, 5.41) is 9.32. The van der Waals surface area contributed by atoms with E-state index in [4.69, 9.17) is 4.74 Å². The molecule has 0 heterocycles. The van der Waals surface area contributed by atoms with Crippen molar-refractivity contribution in [2.45, 2.75) is 45.6 Å². The van der Waals surface area contributed by atoms with E-state index in [-0.39, 0.29) is 30.1 Å². The van der Waals surface area contributed by atoms with Gasteiger partial charge in [-0.2, -0.15) is 0 Å². The lowest BCUT2D eigenvalue weighted by Gasteiger charge is -2.20. The van der Waals surface area contributed by atoms with Crippen LogP contribution in [-0.4, -0.2) is 57.9 Å². The molecule has 0 spiro atoms. The third-order valence-electron chi connectivity index (χ3n) is 3.95. The highest BCUT2D eigenvalue weighted by molar-refractivity contribution is 14.0. The zero-order valence-electron chi connectivity index (χ0n) is 18.5. The highest BCUT2D eigenvalue weighted by Gasteiger charge is 2.15. The van der Waals surface area contributed by atoms with Crippen molar-refractivity contribution >= 4 is 41.7 Å². The van der Waals surface area contributed by atoms with E-state index in [0.29, 0.717) is 6.54 Å². The lowest BCUT2D eigenvalue weighted by Crippen LogP contribution is -2.39. The molecule has 1 aromatic rings. The van der Waals surface area contributed by atoms with Crippen molar-refractivity contribution in [2.24, 2.45) is 4.99 Å². The van der Waals surface area contributed by atoms with Crippen LogP contribution in [0, 0.1) is 0 Å². The van der Waals surface area contributed by atoms with Crippen molar-refractivity contribution in [3.05, 3.63) is 30.3 Å². The normalized spacial score (nSPS) is 11.3. The maximum atomic E-state index is 11.6. The molecule has 0 aromatic heterocycles. The van der Waals surface area contributed by atoms with Gasteiger partial charge in [0.1, 0.15) is 5.60 Å². The molecule has 0 unspecified atom stereocenters. The van der Waals surface area contributed by atoms with Crippen LogP contribution in [0.1, 0.15) is 40.0 Å². The van der Waals surface area contributed by atoms with Gasteiger partial charge >= 0.3 is 6.09 Å². The van der Waals surface area contributed by atoms with Crippen molar-refractivity contribution < 1.29 is 9.53 Å². The topological polar surface area (TPSA) is 78.0 Å². The van der Waals surface area contributed by atoms with Crippen molar-refractivity contribution in [3.8, 4) is 0 Å². The van der Waals surface area contributed by atoms with Gasteiger partial charge in [-0.3, -0.25) is 4.99 Å². The fourth-order valence-corrected chi connectivity index (χ4v) is 2.51. The summed E-state index contributed by atoms with van der Waals surface area (Å²) in [5.74, 6) is 0.786. The zero-order valence-corrected chi connectivity index (χ0v) is 20.8. The smallest absolute Gasteiger partial charge is 0.407 e. The standard InChI is InChI=1S/C21H37N5O2.HI/c1-21(2,3)28-20(27)25-16-11-15-24-19(22-4)23-14-9-10-17-26(5)18-12-7-6-8-13-18;/h6-8,12-13H,9-11,14-17H2,1-5H3,(H,25,27)(H2,22,23,24);1H. The van der Waals surface area contributed by atoms with Gasteiger partial charge < -0.3 is 25.6 Å². The molecule has 7 nitrogen and oxygen atoms in total. The van der Waals surface area contributed by atoms with Crippen molar-refractivity contribution in [3.63, 3.8) is 0 Å². The maximum Gasteiger partial charge on any atom is 0.407 e. The molecule has 29 heavy (non-hydrogen) atoms. The number of guanidine groups is 1. The Morgan fingerprint density at radius 2 is 1.59 bits per heavy atom. The van der Waals surface area contributed by atoms with Gasteiger partial charge in [-0.25, -0.2) is 4.79 Å². The number of carbonyl (C=O) groups is 1. The summed E-state index contributed by atoms with van der Waals surface area (Å²) in [7, 11) is 3.88. The number of anilines is 1. The van der Waals surface area contributed by atoms with E-state index in [9.17, 15) is 4.79 Å². The lowest BCUT2D eigenvalue weighted by atomic mass is 10.2. The molecule has 0 fully saturated rings. The Hall–Kier alpha value is -1.71. The summed E-state index contributed by atoms with van der Waals surface area (Å²) in [5.41, 5.74) is 0.775. The first-order valence-electron chi connectivity index (χ1n) is 9.99. The highest BCUT2D eigenvalue weighted by Crippen LogP contribution is 2.11. The van der Waals surface area contributed by atoms with E-state index < -0.39 is 5.60 Å². The second kappa shape index (κ2) is 15.2. The summed E-state index contributed by atoms with van der Waals surface area (Å²) < 4.78 is 5.20. The molecule has 0 atom stereocenters. The van der Waals surface area contributed by atoms with Crippen LogP contribution in [0.25, 0.3) is 0 Å². The number of hydrogen-bond acceptors (Lipinski definition) is 4. The summed E-state index contributed by atoms with van der Waals surface area (Å²) in [6, 6.07) is 10.4. The molecular formula is C21H38IN5O2. The first kappa shape index (κ1) is 27.3. The number of aliphatic imine (C=N–C) groups is 1. The van der Waals surface area contributed by atoms with E-state index >= 15 is 0 Å². The number of nitrogens with one attached hydrogen (secondary N) is 3. The Morgan fingerprint density at radius 1 is 1.00 bits per heavy atom. The number of ether oxygens (including phenoxy) is 1. The summed E-state index contributed by atoms with van der Waals surface area (Å²) in [6.07, 6.45) is 2.59. The Morgan fingerprint density at radius 3 is 2.17 bits per heavy atom. The number of carbonyl (C=O) groups excluding carboxylic acids is 1. The molecule has 1 aromatic carbocycles. The maximum absolute atomic E-state index is 11.6. The van der Waals surface area contributed by atoms with Crippen LogP contribution in [0.3, 0.4) is 0 Å². The minimum atomic E-state index is -0.468. The fourth-order valence-electron chi connectivity index (χ4n) is 2.51. The van der Waals surface area contributed by atoms with Crippen molar-refractivity contribution in [2.75, 3.05) is 45.2 Å². The van der Waals surface area contributed by atoms with Crippen molar-refractivity contribution in [1.29, 1.82) is 0 Å². The molecule has 166 valence electrons. The number of rotatable bonds is 10. The summed E-state index contributed by atoms with van der Waals surface area (Å²) in [6.45, 7) is 8.74. The molecule has 1 rings (SSSR count). The number of alkyl carbamates (subject to hydrolysis) is 1. The van der Waals surface area contributed by atoms with Gasteiger partial charge in [-0.05, 0) is 52.2 Å². The Bertz CT molecular complexity index is 590. The second-order valence-corrected chi connectivity index (χ2v) is 7.67. The van der Waals surface area contributed by atoms with Crippen LogP contribution in [0.2, 0.25) is 0 Å². The van der Waals surface area contributed by atoms with Gasteiger partial charge in [0.25, 0.3) is 0 Å². The van der Waals surface area contributed by atoms with Crippen LogP contribution in [0.5, 0.6) is 0 Å². The molecule has 0 radical (unpaired) electrons. The van der Waals surface area contributed by atoms with Crippen molar-refractivity contribution in [1.82, 2.24) is 16.0 Å². The minimum absolute atomic E-state index is 0. The van der Waals surface area contributed by atoms with Crippen LogP contribution in [0.15, 0.2) is 35.3 Å². The second-order valence-electron chi connectivity index (χ2n) is 7.67. The van der Waals surface area contributed by atoms with Crippen LogP contribution >= 0.6 is 24.0 Å². The molecule has 8 heteroatoms. The summed E-state index contributed by atoms with van der Waals surface area (Å²) >= 11 is 0. The number of amides is 1. The van der Waals surface area contributed by atoms with Gasteiger partial charge in [0.2, 0.25) is 0 Å². The zero-order chi connectivity index (χ0) is 20.8. The first-order valence-corrected chi connectivity index (χ1v) is 9.99. The van der Waals surface area contributed by atoms with E-state index in [1.807, 2.05) is 26.8 Å². The Balaban J connectivity index is 0.00000784. The van der Waals surface area contributed by atoms with E-state index in [1.54, 1.807) is 7.05 Å². The average Bonchev–Trinajstić information content (AvgIpc) is 2.65. The molecule has 0 bridgehead atoms. The van der Waals surface area contributed by atoms with Crippen LogP contribution < -0.4 is 20.9 Å². The average molecular weight is 519 g/mol. The minimum Gasteiger partial charge on any atom is -0.444 e. The number of unbranched alkanes of at least 4 members (excludes halogenated alkanes) is 1.